The lowest BCUT2D eigenvalue weighted by Crippen LogP contribution is -2.39. The molecule has 3 aromatic carbocycles. The van der Waals surface area contributed by atoms with E-state index in [0.717, 1.165) is 0 Å². The summed E-state index contributed by atoms with van der Waals surface area (Å²) in [5.41, 5.74) is 0.953. The van der Waals surface area contributed by atoms with E-state index in [1.807, 2.05) is 0 Å². The Morgan fingerprint density at radius 3 is 1.89 bits per heavy atom. The molecule has 0 saturated carbocycles. The van der Waals surface area contributed by atoms with Crippen LogP contribution in [0, 0.1) is 0 Å². The monoisotopic (exact) mass is 490 g/mol. The van der Waals surface area contributed by atoms with Gasteiger partial charge >= 0.3 is 5.97 Å². The topological polar surface area (TPSA) is 123 Å². The van der Waals surface area contributed by atoms with Crippen LogP contribution in [0.2, 0.25) is 0 Å². The molecule has 0 heterocycles. The first-order valence-corrected chi connectivity index (χ1v) is 10.8. The number of benzene rings is 3. The standard InChI is InChI=1S/C27H26N2O7/c1-34-21-15-17(16-22(35-2)24(21)36-3)14-20(28-25(30)19-12-8-5-9-13-19)26(31)29-23(27(32)33)18-10-6-4-7-11-18/h4-16,23H,1-3H3,(H,28,30)(H,29,31)(H,32,33). The number of rotatable bonds is 10. The van der Waals surface area contributed by atoms with Crippen LogP contribution in [0.4, 0.5) is 0 Å². The van der Waals surface area contributed by atoms with Gasteiger partial charge in [0.15, 0.2) is 17.5 Å². The molecule has 0 bridgehead atoms. The van der Waals surface area contributed by atoms with Crippen LogP contribution in [0.15, 0.2) is 78.5 Å². The second-order valence-corrected chi connectivity index (χ2v) is 7.49. The fourth-order valence-corrected chi connectivity index (χ4v) is 3.44. The molecule has 9 nitrogen and oxygen atoms in total. The Kier molecular flexibility index (Phi) is 8.66. The first kappa shape index (κ1) is 25.8. The summed E-state index contributed by atoms with van der Waals surface area (Å²) in [6, 6.07) is 18.4. The highest BCUT2D eigenvalue weighted by Gasteiger charge is 2.25. The number of carboxylic acid groups (broad SMARTS) is 1. The number of hydrogen-bond acceptors (Lipinski definition) is 6. The third kappa shape index (κ3) is 6.20. The molecule has 186 valence electrons. The first-order valence-electron chi connectivity index (χ1n) is 10.8. The van der Waals surface area contributed by atoms with Gasteiger partial charge in [0.2, 0.25) is 5.75 Å². The average Bonchev–Trinajstić information content (AvgIpc) is 2.91. The molecule has 36 heavy (non-hydrogen) atoms. The predicted octanol–water partition coefficient (Wildman–Crippen LogP) is 3.43. The van der Waals surface area contributed by atoms with Crippen LogP contribution < -0.4 is 24.8 Å². The van der Waals surface area contributed by atoms with E-state index in [-0.39, 0.29) is 5.70 Å². The number of methoxy groups -OCH3 is 3. The fraction of sp³-hybridized carbons (Fsp3) is 0.148. The van der Waals surface area contributed by atoms with Gasteiger partial charge in [-0.2, -0.15) is 0 Å². The number of carbonyl (C=O) groups excluding carboxylic acids is 2. The van der Waals surface area contributed by atoms with Crippen molar-refractivity contribution in [1.29, 1.82) is 0 Å². The molecule has 0 saturated heterocycles. The van der Waals surface area contributed by atoms with Crippen molar-refractivity contribution in [3.63, 3.8) is 0 Å². The molecule has 0 aliphatic rings. The Labute approximate surface area is 208 Å². The van der Waals surface area contributed by atoms with Crippen LogP contribution in [0.25, 0.3) is 6.08 Å². The highest BCUT2D eigenvalue weighted by molar-refractivity contribution is 6.06. The second-order valence-electron chi connectivity index (χ2n) is 7.49. The Bertz CT molecular complexity index is 1230. The van der Waals surface area contributed by atoms with E-state index in [0.29, 0.717) is 33.9 Å². The lowest BCUT2D eigenvalue weighted by molar-refractivity contribution is -0.141. The summed E-state index contributed by atoms with van der Waals surface area (Å²) in [6.45, 7) is 0. The van der Waals surface area contributed by atoms with Gasteiger partial charge in [-0.3, -0.25) is 9.59 Å². The van der Waals surface area contributed by atoms with Gasteiger partial charge in [0.05, 0.1) is 21.3 Å². The summed E-state index contributed by atoms with van der Waals surface area (Å²) in [5.74, 6) is -1.57. The fourth-order valence-electron chi connectivity index (χ4n) is 3.44. The normalized spacial score (nSPS) is 11.7. The van der Waals surface area contributed by atoms with Gasteiger partial charge < -0.3 is 30.0 Å². The highest BCUT2D eigenvalue weighted by Crippen LogP contribution is 2.38. The molecule has 0 aromatic heterocycles. The molecule has 0 aliphatic carbocycles. The van der Waals surface area contributed by atoms with Gasteiger partial charge in [-0.1, -0.05) is 48.5 Å². The zero-order valence-corrected chi connectivity index (χ0v) is 20.0. The third-order valence-electron chi connectivity index (χ3n) is 5.18. The lowest BCUT2D eigenvalue weighted by atomic mass is 10.1. The van der Waals surface area contributed by atoms with Crippen molar-refractivity contribution < 1.29 is 33.7 Å². The molecule has 2 amide bonds. The van der Waals surface area contributed by atoms with Gasteiger partial charge in [0, 0.05) is 5.56 Å². The lowest BCUT2D eigenvalue weighted by Gasteiger charge is -2.17. The molecule has 3 rings (SSSR count). The number of carbonyl (C=O) groups is 3. The molecule has 1 unspecified atom stereocenters. The van der Waals surface area contributed by atoms with Gasteiger partial charge in [-0.25, -0.2) is 4.79 Å². The van der Waals surface area contributed by atoms with Crippen LogP contribution >= 0.6 is 0 Å². The smallest absolute Gasteiger partial charge is 0.330 e. The minimum Gasteiger partial charge on any atom is -0.493 e. The van der Waals surface area contributed by atoms with E-state index < -0.39 is 23.8 Å². The Hall–Kier alpha value is -4.79. The number of hydrogen-bond donors (Lipinski definition) is 3. The number of ether oxygens (including phenoxy) is 3. The largest absolute Gasteiger partial charge is 0.493 e. The SMILES string of the molecule is COc1cc(C=C(NC(=O)c2ccccc2)C(=O)NC(C(=O)O)c2ccccc2)cc(OC)c1OC. The first-order chi connectivity index (χ1) is 17.4. The third-order valence-corrected chi connectivity index (χ3v) is 5.18. The van der Waals surface area contributed by atoms with Gasteiger partial charge in [-0.05, 0) is 41.5 Å². The van der Waals surface area contributed by atoms with Crippen molar-refractivity contribution in [3.05, 3.63) is 95.2 Å². The zero-order valence-electron chi connectivity index (χ0n) is 20.0. The van der Waals surface area contributed by atoms with E-state index in [1.165, 1.54) is 27.4 Å². The van der Waals surface area contributed by atoms with Crippen LogP contribution in [0.5, 0.6) is 17.2 Å². The van der Waals surface area contributed by atoms with Crippen molar-refractivity contribution >= 4 is 23.9 Å². The second kappa shape index (κ2) is 12.1. The molecule has 1 atom stereocenters. The number of amides is 2. The van der Waals surface area contributed by atoms with E-state index in [4.69, 9.17) is 14.2 Å². The van der Waals surface area contributed by atoms with Gasteiger partial charge in [0.25, 0.3) is 11.8 Å². The summed E-state index contributed by atoms with van der Waals surface area (Å²) < 4.78 is 16.1. The maximum Gasteiger partial charge on any atom is 0.330 e. The molecule has 3 aromatic rings. The quantitative estimate of drug-likeness (QED) is 0.372. The molecule has 0 radical (unpaired) electrons. The molecule has 0 spiro atoms. The number of nitrogens with one attached hydrogen (secondary N) is 2. The maximum absolute atomic E-state index is 13.3. The van der Waals surface area contributed by atoms with E-state index >= 15 is 0 Å². The van der Waals surface area contributed by atoms with Crippen molar-refractivity contribution in [2.45, 2.75) is 6.04 Å². The Morgan fingerprint density at radius 1 is 0.833 bits per heavy atom. The summed E-state index contributed by atoms with van der Waals surface area (Å²) in [6.07, 6.45) is 1.39. The minimum absolute atomic E-state index is 0.180. The molecular formula is C27H26N2O7. The van der Waals surface area contributed by atoms with Gasteiger partial charge in [0.1, 0.15) is 5.70 Å². The van der Waals surface area contributed by atoms with Crippen molar-refractivity contribution in [2.75, 3.05) is 21.3 Å². The Morgan fingerprint density at radius 2 is 1.39 bits per heavy atom. The average molecular weight is 491 g/mol. The van der Waals surface area contributed by atoms with Crippen LogP contribution in [-0.2, 0) is 9.59 Å². The van der Waals surface area contributed by atoms with Crippen molar-refractivity contribution in [3.8, 4) is 17.2 Å². The number of aliphatic carboxylic acids is 1. The summed E-state index contributed by atoms with van der Waals surface area (Å²) >= 11 is 0. The van der Waals surface area contributed by atoms with Crippen LogP contribution in [0.1, 0.15) is 27.5 Å². The van der Waals surface area contributed by atoms with E-state index in [9.17, 15) is 19.5 Å². The summed E-state index contributed by atoms with van der Waals surface area (Å²) in [7, 11) is 4.37. The van der Waals surface area contributed by atoms with Crippen LogP contribution in [0.3, 0.4) is 0 Å². The molecule has 0 fully saturated rings. The molecule has 9 heteroatoms. The van der Waals surface area contributed by atoms with Crippen molar-refractivity contribution in [2.24, 2.45) is 0 Å². The zero-order chi connectivity index (χ0) is 26.1. The molecule has 3 N–H and O–H groups in total. The molecular weight excluding hydrogens is 464 g/mol. The minimum atomic E-state index is -1.34. The summed E-state index contributed by atoms with van der Waals surface area (Å²) in [5, 5.41) is 14.8. The van der Waals surface area contributed by atoms with Crippen molar-refractivity contribution in [1.82, 2.24) is 10.6 Å². The number of carboxylic acids is 1. The maximum atomic E-state index is 13.3. The predicted molar refractivity (Wildman–Crippen MR) is 133 cm³/mol. The Balaban J connectivity index is 2.03. The summed E-state index contributed by atoms with van der Waals surface area (Å²) in [4.78, 5) is 38.1. The highest BCUT2D eigenvalue weighted by atomic mass is 16.5. The van der Waals surface area contributed by atoms with Crippen LogP contribution in [-0.4, -0.2) is 44.2 Å². The molecule has 0 aliphatic heterocycles. The van der Waals surface area contributed by atoms with E-state index in [2.05, 4.69) is 10.6 Å². The van der Waals surface area contributed by atoms with Gasteiger partial charge in [-0.15, -0.1) is 0 Å². The van der Waals surface area contributed by atoms with E-state index in [1.54, 1.807) is 72.8 Å².